The number of rotatable bonds is 36. The average Bonchev–Trinajstić information content (AvgIpc) is 0.753. The number of carbonyl (C=O) groups excluding carboxylic acids is 3. The Morgan fingerprint density at radius 3 is 0.926 bits per heavy atom. The molecule has 0 saturated carbocycles. The Morgan fingerprint density at radius 1 is 0.364 bits per heavy atom. The number of nitrogens with zero attached hydrogens (tertiary/aromatic N) is 2. The predicted octanol–water partition coefficient (Wildman–Crippen LogP) is 7.62. The summed E-state index contributed by atoms with van der Waals surface area (Å²) in [5, 5.41) is 150. The third kappa shape index (κ3) is 26.3. The number of hydrogen-bond acceptors (Lipinski definition) is 24. The van der Waals surface area contributed by atoms with E-state index in [0.29, 0.717) is 65.2 Å². The lowest BCUT2D eigenvalue weighted by Crippen LogP contribution is -2.49. The molecule has 0 spiro atoms. The minimum Gasteiger partial charge on any atom is -0.394 e. The molecular weight excluding hydrogens is 1880 g/mol. The third-order valence-corrected chi connectivity index (χ3v) is 30.2. The van der Waals surface area contributed by atoms with E-state index in [1.54, 1.807) is 184 Å². The SMILES string of the molecule is CNCC(O)C(O)C(O)C(O)CO.Cc1c(CCl)c(C)c(C(=O)P(=O)(c2ccccc2)c2ccccc2)c(C)c1CCl.Cc1c(CN(C)CC(O)C(O)C(O)C(O)CO)cc(C(=O)P(=O)(c2ccccc2)c2ccccc2)c(C)c1CN(C)CC(O)C(O)C(O)C(O)CO.Cc1cc(C)c(C(=O)P(=O)(c2ccccc2)c2ccccc2)c(C)c1.II. The lowest BCUT2D eigenvalue weighted by atomic mass is 9.90. The molecule has 0 aromatic heterocycles. The smallest absolute Gasteiger partial charge is 0.230 e. The minimum absolute atomic E-state index is 0.0936. The number of carbonyl (C=O) groups is 3. The topological polar surface area (TPSA) is 424 Å². The summed E-state index contributed by atoms with van der Waals surface area (Å²) in [7, 11) is -6.17. The van der Waals surface area contributed by atoms with E-state index < -0.39 is 120 Å². The summed E-state index contributed by atoms with van der Waals surface area (Å²) < 4.78 is 43.8. The Hall–Kier alpha value is -6.00. The van der Waals surface area contributed by atoms with E-state index in [0.717, 1.165) is 44.5 Å². The van der Waals surface area contributed by atoms with Gasteiger partial charge >= 0.3 is 0 Å². The molecule has 9 rings (SSSR count). The van der Waals surface area contributed by atoms with Crippen molar-refractivity contribution in [2.24, 2.45) is 0 Å². The molecule has 0 aliphatic rings. The van der Waals surface area contributed by atoms with Crippen LogP contribution in [0.4, 0.5) is 0 Å². The molecule has 0 heterocycles. The number of benzene rings is 9. The number of likely N-dealkylation sites (N-methyl/N-ethyl adjacent to an activating group) is 3. The fraction of sp³-hybridized carbons (Fsp3) is 0.367. The molecule has 24 nitrogen and oxygen atoms in total. The number of aliphatic hydroxyl groups is 15. The van der Waals surface area contributed by atoms with Crippen LogP contribution in [0.3, 0.4) is 0 Å². The van der Waals surface area contributed by atoms with Gasteiger partial charge in [0.2, 0.25) is 38.0 Å². The third-order valence-electron chi connectivity index (χ3n) is 21.1. The van der Waals surface area contributed by atoms with Crippen LogP contribution in [0.25, 0.3) is 0 Å². The average molecular weight is 1990 g/mol. The van der Waals surface area contributed by atoms with Crippen molar-refractivity contribution < 1.29 is 105 Å². The van der Waals surface area contributed by atoms with Gasteiger partial charge in [-0.25, -0.2) is 0 Å². The minimum atomic E-state index is -3.96. The van der Waals surface area contributed by atoms with E-state index in [9.17, 15) is 69.5 Å². The molecule has 658 valence electrons. The summed E-state index contributed by atoms with van der Waals surface area (Å²) in [5.74, 6) is 0.534. The Balaban J connectivity index is 0.000000317. The van der Waals surface area contributed by atoms with Gasteiger partial charge in [0.25, 0.3) is 0 Å². The molecule has 0 bridgehead atoms. The van der Waals surface area contributed by atoms with Crippen LogP contribution in [-0.2, 0) is 38.5 Å². The van der Waals surface area contributed by atoms with Crippen molar-refractivity contribution in [3.8, 4) is 0 Å². The van der Waals surface area contributed by atoms with Gasteiger partial charge in [-0.15, -0.1) is 23.2 Å². The molecule has 0 aliphatic carbocycles. The first kappa shape index (κ1) is 106. The van der Waals surface area contributed by atoms with E-state index >= 15 is 4.57 Å². The first-order chi connectivity index (χ1) is 57.3. The van der Waals surface area contributed by atoms with Crippen LogP contribution in [0, 0.1) is 55.4 Å². The van der Waals surface area contributed by atoms with Gasteiger partial charge < -0.3 is 95.6 Å². The summed E-state index contributed by atoms with van der Waals surface area (Å²) in [6.45, 7) is 12.7. The number of hydrogen-bond donors (Lipinski definition) is 16. The van der Waals surface area contributed by atoms with Crippen LogP contribution in [-0.4, -0.2) is 237 Å². The predicted molar refractivity (Wildman–Crippen MR) is 497 cm³/mol. The van der Waals surface area contributed by atoms with Crippen molar-refractivity contribution in [3.63, 3.8) is 0 Å². The zero-order chi connectivity index (χ0) is 90.6. The molecule has 12 atom stereocenters. The molecule has 0 saturated heterocycles. The standard InChI is InChI=1S/C37H53N2O12P.C24H23Cl2O2P.C22H21O2P.C7H17NO5.I2/c1-22-24(16-38(3)18-29(42)33(46)35(48)31(44)20-40)15-27(23(2)28(22)17-39(4)19-30(43)34(47)36(49)32(45)21-41)37(50)52(51,25-11-7-5-8-12-25)26-13-9-6-10-14-26;1-16-21(14-25)17(2)23(18(3)22(16)15-26)24(27)29(28,19-10-6-4-7-11-19)20-12-8-5-9-13-20;1-16-14-17(2)21(18(3)15-16)22(23)25(24,19-10-6-4-7-11-19)20-12-8-5-9-13-20;1-8-2-4(10)6(12)7(13)5(11)3-9;1-2/h5-15,29-36,40-49H,16-21H2,1-4H3;4-13H,14-15H2,1-3H3;4-15H,1-3H3;4-13H,2-3H2,1H3;. The number of aliphatic hydroxyl groups excluding tert-OH is 15. The van der Waals surface area contributed by atoms with Gasteiger partial charge in [-0.2, -0.15) is 0 Å². The molecule has 0 amide bonds. The van der Waals surface area contributed by atoms with Crippen molar-refractivity contribution >= 4 is 130 Å². The number of aryl methyl sites for hydroxylation is 3. The van der Waals surface area contributed by atoms with Gasteiger partial charge in [-0.05, 0) is 144 Å². The van der Waals surface area contributed by atoms with E-state index in [4.69, 9.17) is 53.8 Å². The van der Waals surface area contributed by atoms with Crippen LogP contribution in [0.5, 0.6) is 0 Å². The van der Waals surface area contributed by atoms with Crippen LogP contribution < -0.4 is 37.1 Å². The summed E-state index contributed by atoms with van der Waals surface area (Å²) in [4.78, 5) is 45.6. The first-order valence-corrected chi connectivity index (χ1v) is 51.2. The highest BCUT2D eigenvalue weighted by Crippen LogP contribution is 2.51. The van der Waals surface area contributed by atoms with Gasteiger partial charge in [0.05, 0.1) is 38.1 Å². The maximum Gasteiger partial charge on any atom is 0.230 e. The molecule has 31 heteroatoms. The van der Waals surface area contributed by atoms with Crippen LogP contribution in [0.2, 0.25) is 0 Å². The van der Waals surface area contributed by atoms with Gasteiger partial charge in [0.1, 0.15) is 54.9 Å². The lowest BCUT2D eigenvalue weighted by molar-refractivity contribution is -0.118. The van der Waals surface area contributed by atoms with E-state index in [1.807, 2.05) is 102 Å². The molecular formula is C90H114Cl2I2N3O21P3. The molecule has 0 fully saturated rings. The molecule has 0 radical (unpaired) electrons. The second kappa shape index (κ2) is 50.4. The van der Waals surface area contributed by atoms with Crippen molar-refractivity contribution in [1.29, 1.82) is 0 Å². The van der Waals surface area contributed by atoms with Crippen molar-refractivity contribution in [2.75, 3.05) is 60.6 Å². The molecule has 16 N–H and O–H groups in total. The zero-order valence-corrected chi connectivity index (χ0v) is 78.0. The molecule has 9 aromatic carbocycles. The molecule has 12 unspecified atom stereocenters. The van der Waals surface area contributed by atoms with E-state index in [2.05, 4.69) is 42.5 Å². The van der Waals surface area contributed by atoms with Crippen LogP contribution in [0.1, 0.15) is 97.8 Å². The van der Waals surface area contributed by atoms with Crippen molar-refractivity contribution in [1.82, 2.24) is 15.1 Å². The maximum absolute atomic E-state index is 15.1. The Bertz CT molecular complexity index is 4740. The van der Waals surface area contributed by atoms with Gasteiger partial charge in [0, 0.05) is 130 Å². The summed E-state index contributed by atoms with van der Waals surface area (Å²) in [6.07, 6.45) is -19.3. The fourth-order valence-electron chi connectivity index (χ4n) is 14.2. The zero-order valence-electron chi connectivity index (χ0n) is 69.5. The van der Waals surface area contributed by atoms with Gasteiger partial charge in [-0.1, -0.05) is 200 Å². The Morgan fingerprint density at radius 2 is 0.636 bits per heavy atom. The van der Waals surface area contributed by atoms with E-state index in [-0.39, 0.29) is 61.1 Å². The number of alkyl halides is 2. The summed E-state index contributed by atoms with van der Waals surface area (Å²) in [6, 6.07) is 58.6. The van der Waals surface area contributed by atoms with Crippen molar-refractivity contribution in [3.05, 3.63) is 284 Å². The fourth-order valence-corrected chi connectivity index (χ4v) is 22.8. The maximum atomic E-state index is 15.1. The Kier molecular flexibility index (Phi) is 43.9. The van der Waals surface area contributed by atoms with Gasteiger partial charge in [-0.3, -0.25) is 24.2 Å². The molecule has 121 heavy (non-hydrogen) atoms. The van der Waals surface area contributed by atoms with Gasteiger partial charge in [0.15, 0.2) is 0 Å². The summed E-state index contributed by atoms with van der Waals surface area (Å²) >= 11 is 16.7. The highest BCUT2D eigenvalue weighted by molar-refractivity contribution is 15.0. The first-order valence-electron chi connectivity index (χ1n) is 38.7. The molecule has 9 aromatic rings. The second-order valence-electron chi connectivity index (χ2n) is 29.7. The lowest BCUT2D eigenvalue weighted by Gasteiger charge is -2.31. The van der Waals surface area contributed by atoms with Crippen LogP contribution in [0.15, 0.2) is 200 Å². The number of nitrogens with one attached hydrogen (secondary N) is 1. The largest absolute Gasteiger partial charge is 0.394 e. The highest BCUT2D eigenvalue weighted by atomic mass is 128. The monoisotopic (exact) mass is 1990 g/mol. The summed E-state index contributed by atoms with van der Waals surface area (Å²) in [5.41, 5.74) is 9.50. The van der Waals surface area contributed by atoms with E-state index in [1.165, 1.54) is 0 Å². The number of halogens is 4. The highest BCUT2D eigenvalue weighted by Gasteiger charge is 2.43. The van der Waals surface area contributed by atoms with Crippen LogP contribution >= 0.6 is 81.9 Å². The Labute approximate surface area is 742 Å². The second-order valence-corrected chi connectivity index (χ2v) is 38.2. The quantitative estimate of drug-likeness (QED) is 0.0102. The molecule has 0 aliphatic heterocycles. The van der Waals surface area contributed by atoms with Crippen molar-refractivity contribution in [2.45, 2.75) is 153 Å². The normalized spacial score (nSPS) is 14.7.